The van der Waals surface area contributed by atoms with E-state index >= 15 is 0 Å². The molecule has 0 fully saturated rings. The first-order valence-corrected chi connectivity index (χ1v) is 9.88. The monoisotopic (exact) mass is 417 g/mol. The molecule has 0 amide bonds. The van der Waals surface area contributed by atoms with Crippen LogP contribution >= 0.6 is 23.2 Å². The first-order valence-electron chi connectivity index (χ1n) is 9.12. The molecule has 0 radical (unpaired) electrons. The molecule has 0 bridgehead atoms. The fourth-order valence-corrected chi connectivity index (χ4v) is 3.80. The zero-order valence-corrected chi connectivity index (χ0v) is 17.3. The van der Waals surface area contributed by atoms with Gasteiger partial charge in [-0.3, -0.25) is 0 Å². The van der Waals surface area contributed by atoms with Crippen molar-refractivity contribution in [2.45, 2.75) is 32.7 Å². The highest BCUT2D eigenvalue weighted by molar-refractivity contribution is 6.36. The molecule has 0 heterocycles. The minimum Gasteiger partial charge on any atom is -0.508 e. The zero-order chi connectivity index (χ0) is 20.3. The van der Waals surface area contributed by atoms with Gasteiger partial charge in [0.15, 0.2) is 0 Å². The van der Waals surface area contributed by atoms with E-state index in [0.717, 1.165) is 11.3 Å². The fourth-order valence-electron chi connectivity index (χ4n) is 3.18. The molecule has 0 aliphatic carbocycles. The Hall–Kier alpha value is -2.23. The number of phenolic OH excluding ortho intramolecular Hbond substituents is 1. The molecule has 3 aromatic rings. The lowest BCUT2D eigenvalue weighted by molar-refractivity contribution is 0.452. The van der Waals surface area contributed by atoms with Crippen LogP contribution in [-0.2, 0) is 13.0 Å². The summed E-state index contributed by atoms with van der Waals surface area (Å²) >= 11 is 12.9. The summed E-state index contributed by atoms with van der Waals surface area (Å²) in [6.07, 6.45) is 0.252. The van der Waals surface area contributed by atoms with Gasteiger partial charge >= 0.3 is 0 Å². The average molecular weight is 418 g/mol. The SMILES string of the molecule is CC(C)c1c(O)ccc(Cc2c(Cl)cc(NCc3ccccc3)cc2Cl)c1F. The van der Waals surface area contributed by atoms with Gasteiger partial charge in [0.25, 0.3) is 0 Å². The van der Waals surface area contributed by atoms with Crippen LogP contribution in [0.4, 0.5) is 10.1 Å². The van der Waals surface area contributed by atoms with E-state index in [4.69, 9.17) is 23.2 Å². The molecule has 28 heavy (non-hydrogen) atoms. The van der Waals surface area contributed by atoms with E-state index in [9.17, 15) is 9.50 Å². The van der Waals surface area contributed by atoms with Gasteiger partial charge in [-0.2, -0.15) is 0 Å². The van der Waals surface area contributed by atoms with Gasteiger partial charge in [-0.05, 0) is 40.8 Å². The van der Waals surface area contributed by atoms with Gasteiger partial charge in [0.1, 0.15) is 11.6 Å². The van der Waals surface area contributed by atoms with E-state index in [-0.39, 0.29) is 18.1 Å². The van der Waals surface area contributed by atoms with Gasteiger partial charge < -0.3 is 10.4 Å². The van der Waals surface area contributed by atoms with E-state index in [0.29, 0.717) is 33.3 Å². The standard InChI is InChI=1S/C23H22Cl2FNO/c1-14(2)22-21(28)9-8-16(23(22)26)10-18-19(24)11-17(12-20(18)25)27-13-15-6-4-3-5-7-15/h3-9,11-12,14,27-28H,10,13H2,1-2H3. The van der Waals surface area contributed by atoms with Crippen LogP contribution in [0.15, 0.2) is 54.6 Å². The Morgan fingerprint density at radius 2 is 1.64 bits per heavy atom. The van der Waals surface area contributed by atoms with Crippen molar-refractivity contribution in [1.82, 2.24) is 0 Å². The predicted molar refractivity (Wildman–Crippen MR) is 115 cm³/mol. The second-order valence-corrected chi connectivity index (χ2v) is 7.87. The van der Waals surface area contributed by atoms with Crippen molar-refractivity contribution in [2.24, 2.45) is 0 Å². The van der Waals surface area contributed by atoms with Crippen molar-refractivity contribution in [3.8, 4) is 5.75 Å². The highest BCUT2D eigenvalue weighted by Gasteiger charge is 2.18. The second-order valence-electron chi connectivity index (χ2n) is 7.06. The van der Waals surface area contributed by atoms with Crippen LogP contribution in [0.25, 0.3) is 0 Å². The lowest BCUT2D eigenvalue weighted by Gasteiger charge is -2.15. The van der Waals surface area contributed by atoms with Crippen LogP contribution in [0.3, 0.4) is 0 Å². The molecular formula is C23H22Cl2FNO. The smallest absolute Gasteiger partial charge is 0.133 e. The average Bonchev–Trinajstić information content (AvgIpc) is 2.65. The van der Waals surface area contributed by atoms with Gasteiger partial charge in [0.2, 0.25) is 0 Å². The second kappa shape index (κ2) is 8.85. The van der Waals surface area contributed by atoms with Crippen LogP contribution in [0.1, 0.15) is 42.0 Å². The van der Waals surface area contributed by atoms with Gasteiger partial charge in [-0.15, -0.1) is 0 Å². The Kier molecular flexibility index (Phi) is 6.48. The Bertz CT molecular complexity index is 951. The summed E-state index contributed by atoms with van der Waals surface area (Å²) in [5.41, 5.74) is 3.37. The highest BCUT2D eigenvalue weighted by Crippen LogP contribution is 2.35. The molecule has 2 nitrogen and oxygen atoms in total. The maximum atomic E-state index is 14.9. The number of rotatable bonds is 6. The van der Waals surface area contributed by atoms with E-state index in [1.807, 2.05) is 44.2 Å². The third kappa shape index (κ3) is 4.60. The number of benzene rings is 3. The zero-order valence-electron chi connectivity index (χ0n) is 15.8. The maximum Gasteiger partial charge on any atom is 0.133 e. The molecule has 5 heteroatoms. The van der Waals surface area contributed by atoms with Gasteiger partial charge in [0, 0.05) is 34.3 Å². The summed E-state index contributed by atoms with van der Waals surface area (Å²) in [6.45, 7) is 4.33. The third-order valence-electron chi connectivity index (χ3n) is 4.66. The van der Waals surface area contributed by atoms with Crippen molar-refractivity contribution in [1.29, 1.82) is 0 Å². The van der Waals surface area contributed by atoms with Crippen LogP contribution in [0.2, 0.25) is 10.0 Å². The molecule has 0 spiro atoms. The van der Waals surface area contributed by atoms with Crippen LogP contribution in [-0.4, -0.2) is 5.11 Å². The van der Waals surface area contributed by atoms with Crippen LogP contribution < -0.4 is 5.32 Å². The quantitative estimate of drug-likeness (QED) is 0.445. The molecule has 0 aliphatic rings. The number of hydrogen-bond donors (Lipinski definition) is 2. The lowest BCUT2D eigenvalue weighted by Crippen LogP contribution is -2.03. The molecule has 0 unspecified atom stereocenters. The Morgan fingerprint density at radius 1 is 1.00 bits per heavy atom. The minimum atomic E-state index is -0.409. The van der Waals surface area contributed by atoms with Crippen LogP contribution in [0.5, 0.6) is 5.75 Å². The Morgan fingerprint density at radius 3 is 2.25 bits per heavy atom. The molecule has 3 rings (SSSR count). The van der Waals surface area contributed by atoms with Crippen molar-refractivity contribution in [3.63, 3.8) is 0 Å². The number of halogens is 3. The Balaban J connectivity index is 1.83. The number of hydrogen-bond acceptors (Lipinski definition) is 2. The molecule has 3 aromatic carbocycles. The third-order valence-corrected chi connectivity index (χ3v) is 5.34. The number of aromatic hydroxyl groups is 1. The molecule has 0 atom stereocenters. The molecule has 0 saturated heterocycles. The number of nitrogens with one attached hydrogen (secondary N) is 1. The predicted octanol–water partition coefficient (Wildman–Crippen LogP) is 7.16. The molecular weight excluding hydrogens is 396 g/mol. The van der Waals surface area contributed by atoms with E-state index in [1.54, 1.807) is 18.2 Å². The van der Waals surface area contributed by atoms with Crippen molar-refractivity contribution < 1.29 is 9.50 Å². The normalized spacial score (nSPS) is 11.1. The van der Waals surface area contributed by atoms with Gasteiger partial charge in [0.05, 0.1) is 0 Å². The van der Waals surface area contributed by atoms with Crippen molar-refractivity contribution in [2.75, 3.05) is 5.32 Å². The minimum absolute atomic E-state index is 0.0334. The van der Waals surface area contributed by atoms with E-state index < -0.39 is 5.82 Å². The lowest BCUT2D eigenvalue weighted by atomic mass is 9.95. The molecule has 146 valence electrons. The summed E-state index contributed by atoms with van der Waals surface area (Å²) in [4.78, 5) is 0. The number of phenols is 1. The molecule has 0 saturated carbocycles. The summed E-state index contributed by atoms with van der Waals surface area (Å²) in [5, 5.41) is 14.2. The number of anilines is 1. The summed E-state index contributed by atoms with van der Waals surface area (Å²) in [5.74, 6) is -0.572. The van der Waals surface area contributed by atoms with Gasteiger partial charge in [-0.25, -0.2) is 4.39 Å². The van der Waals surface area contributed by atoms with Gasteiger partial charge in [-0.1, -0.05) is 73.4 Å². The fraction of sp³-hybridized carbons (Fsp3) is 0.217. The van der Waals surface area contributed by atoms with E-state index in [2.05, 4.69) is 5.32 Å². The van der Waals surface area contributed by atoms with Crippen molar-refractivity contribution >= 4 is 28.9 Å². The van der Waals surface area contributed by atoms with Crippen molar-refractivity contribution in [3.05, 3.63) is 92.7 Å². The highest BCUT2D eigenvalue weighted by atomic mass is 35.5. The summed E-state index contributed by atoms with van der Waals surface area (Å²) < 4.78 is 14.9. The molecule has 0 aliphatic heterocycles. The van der Waals surface area contributed by atoms with Crippen LogP contribution in [0, 0.1) is 5.82 Å². The molecule has 2 N–H and O–H groups in total. The first-order chi connectivity index (χ1) is 13.4. The largest absolute Gasteiger partial charge is 0.508 e. The Labute approximate surface area is 174 Å². The molecule has 0 aromatic heterocycles. The summed E-state index contributed by atoms with van der Waals surface area (Å²) in [6, 6.07) is 16.7. The van der Waals surface area contributed by atoms with E-state index in [1.165, 1.54) is 6.07 Å². The maximum absolute atomic E-state index is 14.9. The summed E-state index contributed by atoms with van der Waals surface area (Å²) in [7, 11) is 0. The first kappa shape index (κ1) is 20.5. The topological polar surface area (TPSA) is 32.3 Å².